The average Bonchev–Trinajstić information content (AvgIpc) is 2.25. The van der Waals surface area contributed by atoms with Crippen LogP contribution >= 0.6 is 0 Å². The van der Waals surface area contributed by atoms with Crippen LogP contribution in [0.25, 0.3) is 0 Å². The van der Waals surface area contributed by atoms with E-state index in [1.807, 2.05) is 18.8 Å². The second kappa shape index (κ2) is 5.33. The maximum Gasteiger partial charge on any atom is 0.328 e. The van der Waals surface area contributed by atoms with Crippen LogP contribution < -0.4 is 22.3 Å². The van der Waals surface area contributed by atoms with E-state index in [9.17, 15) is 14.4 Å². The summed E-state index contributed by atoms with van der Waals surface area (Å²) in [7, 11) is 0. The molecular weight excluding hydrogens is 224 g/mol. The van der Waals surface area contributed by atoms with Gasteiger partial charge in [0.1, 0.15) is 12.2 Å². The Morgan fingerprint density at radius 1 is 1.59 bits per heavy atom. The Kier molecular flexibility index (Phi) is 4.08. The van der Waals surface area contributed by atoms with Crippen LogP contribution in [0.3, 0.4) is 0 Å². The predicted octanol–water partition coefficient (Wildman–Crippen LogP) is -0.966. The summed E-state index contributed by atoms with van der Waals surface area (Å²) in [6, 6.07) is 0.0401. The number of nitrogens with zero attached hydrogens (tertiary/aromatic N) is 1. The van der Waals surface area contributed by atoms with Crippen molar-refractivity contribution < 1.29 is 4.79 Å². The van der Waals surface area contributed by atoms with Crippen LogP contribution in [-0.4, -0.2) is 21.5 Å². The van der Waals surface area contributed by atoms with E-state index in [0.29, 0.717) is 0 Å². The molecule has 0 fully saturated rings. The zero-order valence-corrected chi connectivity index (χ0v) is 9.82. The van der Waals surface area contributed by atoms with Crippen LogP contribution in [-0.2, 0) is 11.3 Å². The highest BCUT2D eigenvalue weighted by atomic mass is 16.2. The minimum absolute atomic E-state index is 0.0401. The number of nitrogens with one attached hydrogen (secondary N) is 2. The summed E-state index contributed by atoms with van der Waals surface area (Å²) < 4.78 is 1.06. The van der Waals surface area contributed by atoms with Gasteiger partial charge in [0.2, 0.25) is 5.91 Å². The van der Waals surface area contributed by atoms with Gasteiger partial charge in [0.05, 0.1) is 0 Å². The summed E-state index contributed by atoms with van der Waals surface area (Å²) in [6.45, 7) is 3.64. The number of anilines is 1. The van der Waals surface area contributed by atoms with Crippen molar-refractivity contribution in [2.75, 3.05) is 5.73 Å². The molecule has 1 unspecified atom stereocenters. The second-order valence-corrected chi connectivity index (χ2v) is 3.85. The molecule has 1 aromatic rings. The minimum atomic E-state index is -0.650. The fourth-order valence-electron chi connectivity index (χ4n) is 1.22. The Bertz CT molecular complexity index is 517. The molecule has 0 saturated heterocycles. The van der Waals surface area contributed by atoms with Gasteiger partial charge in [0.25, 0.3) is 5.56 Å². The summed E-state index contributed by atoms with van der Waals surface area (Å²) in [6.07, 6.45) is 1.96. The van der Waals surface area contributed by atoms with Crippen molar-refractivity contribution >= 4 is 11.6 Å². The number of amides is 1. The fraction of sp³-hybridized carbons (Fsp3) is 0.500. The number of aromatic nitrogens is 2. The van der Waals surface area contributed by atoms with Gasteiger partial charge in [0.15, 0.2) is 0 Å². The van der Waals surface area contributed by atoms with Gasteiger partial charge in [-0.15, -0.1) is 0 Å². The lowest BCUT2D eigenvalue weighted by molar-refractivity contribution is -0.122. The molecule has 0 aromatic carbocycles. The van der Waals surface area contributed by atoms with Crippen LogP contribution in [0, 0.1) is 0 Å². The molecule has 0 spiro atoms. The van der Waals surface area contributed by atoms with Gasteiger partial charge in [-0.1, -0.05) is 6.92 Å². The number of carbonyl (C=O) groups is 1. The highest BCUT2D eigenvalue weighted by molar-refractivity contribution is 5.76. The Morgan fingerprint density at radius 2 is 2.24 bits per heavy atom. The lowest BCUT2D eigenvalue weighted by Gasteiger charge is -2.12. The quantitative estimate of drug-likeness (QED) is 0.629. The molecule has 1 aromatic heterocycles. The van der Waals surface area contributed by atoms with Crippen LogP contribution in [0.4, 0.5) is 5.69 Å². The molecule has 1 rings (SSSR count). The Balaban J connectivity index is 2.82. The first-order valence-electron chi connectivity index (χ1n) is 5.32. The van der Waals surface area contributed by atoms with Gasteiger partial charge in [-0.25, -0.2) is 4.79 Å². The third-order valence-corrected chi connectivity index (χ3v) is 2.37. The van der Waals surface area contributed by atoms with E-state index in [1.54, 1.807) is 0 Å². The third-order valence-electron chi connectivity index (χ3n) is 2.37. The molecule has 7 heteroatoms. The Morgan fingerprint density at radius 3 is 2.82 bits per heavy atom. The van der Waals surface area contributed by atoms with Crippen LogP contribution in [0.5, 0.6) is 0 Å². The van der Waals surface area contributed by atoms with Crippen LogP contribution in [0.2, 0.25) is 0 Å². The number of nitrogens with two attached hydrogens (primary N) is 1. The van der Waals surface area contributed by atoms with Crippen molar-refractivity contribution in [1.82, 2.24) is 14.9 Å². The van der Waals surface area contributed by atoms with E-state index in [1.165, 1.54) is 0 Å². The molecule has 0 saturated carbocycles. The predicted molar refractivity (Wildman–Crippen MR) is 63.6 cm³/mol. The number of aromatic amines is 1. The summed E-state index contributed by atoms with van der Waals surface area (Å²) in [5, 5.41) is 2.71. The summed E-state index contributed by atoms with van der Waals surface area (Å²) in [5.41, 5.74) is 3.97. The van der Waals surface area contributed by atoms with Crippen LogP contribution in [0.15, 0.2) is 15.8 Å². The Labute approximate surface area is 97.6 Å². The normalized spacial score (nSPS) is 12.1. The van der Waals surface area contributed by atoms with Crippen molar-refractivity contribution in [2.24, 2.45) is 0 Å². The molecule has 0 aliphatic rings. The van der Waals surface area contributed by atoms with Gasteiger partial charge in [-0.3, -0.25) is 19.1 Å². The van der Waals surface area contributed by atoms with Crippen molar-refractivity contribution in [3.63, 3.8) is 0 Å². The first-order valence-corrected chi connectivity index (χ1v) is 5.32. The van der Waals surface area contributed by atoms with E-state index in [4.69, 9.17) is 5.73 Å². The zero-order valence-electron chi connectivity index (χ0n) is 9.82. The van der Waals surface area contributed by atoms with Crippen molar-refractivity contribution in [1.29, 1.82) is 0 Å². The molecule has 0 radical (unpaired) electrons. The molecule has 1 atom stereocenters. The molecule has 1 heterocycles. The number of hydrogen-bond acceptors (Lipinski definition) is 4. The van der Waals surface area contributed by atoms with Gasteiger partial charge < -0.3 is 11.1 Å². The number of H-pyrrole nitrogens is 1. The average molecular weight is 240 g/mol. The molecule has 17 heavy (non-hydrogen) atoms. The van der Waals surface area contributed by atoms with Crippen molar-refractivity contribution in [3.05, 3.63) is 27.0 Å². The second-order valence-electron chi connectivity index (χ2n) is 3.85. The maximum atomic E-state index is 11.5. The smallest absolute Gasteiger partial charge is 0.328 e. The fourth-order valence-corrected chi connectivity index (χ4v) is 1.22. The topological polar surface area (TPSA) is 110 Å². The van der Waals surface area contributed by atoms with E-state index < -0.39 is 11.2 Å². The molecule has 7 nitrogen and oxygen atoms in total. The lowest BCUT2D eigenvalue weighted by atomic mass is 10.2. The maximum absolute atomic E-state index is 11.5. The minimum Gasteiger partial charge on any atom is -0.393 e. The monoisotopic (exact) mass is 240 g/mol. The number of nitrogen functional groups attached to an aromatic ring is 1. The largest absolute Gasteiger partial charge is 0.393 e. The third kappa shape index (κ3) is 3.47. The SMILES string of the molecule is CCC(C)NC(=O)Cn1cc(N)c(=O)[nH]c1=O. The van der Waals surface area contributed by atoms with Crippen LogP contribution in [0.1, 0.15) is 20.3 Å². The number of carbonyl (C=O) groups excluding carboxylic acids is 1. The summed E-state index contributed by atoms with van der Waals surface area (Å²) in [5.74, 6) is -0.298. The van der Waals surface area contributed by atoms with Gasteiger partial charge in [-0.2, -0.15) is 0 Å². The lowest BCUT2D eigenvalue weighted by Crippen LogP contribution is -2.39. The van der Waals surface area contributed by atoms with Gasteiger partial charge >= 0.3 is 5.69 Å². The highest BCUT2D eigenvalue weighted by Gasteiger charge is 2.08. The van der Waals surface area contributed by atoms with E-state index in [2.05, 4.69) is 5.32 Å². The van der Waals surface area contributed by atoms with E-state index in [-0.39, 0.29) is 24.2 Å². The molecule has 94 valence electrons. The molecule has 0 aliphatic heterocycles. The standard InChI is InChI=1S/C10H16N4O3/c1-3-6(2)12-8(15)5-14-4-7(11)9(16)13-10(14)17/h4,6H,3,5,11H2,1-2H3,(H,12,15)(H,13,16,17). The summed E-state index contributed by atoms with van der Waals surface area (Å²) >= 11 is 0. The van der Waals surface area contributed by atoms with Crippen molar-refractivity contribution in [3.8, 4) is 0 Å². The number of hydrogen-bond donors (Lipinski definition) is 3. The first kappa shape index (κ1) is 13.0. The number of rotatable bonds is 4. The van der Waals surface area contributed by atoms with Gasteiger partial charge in [0, 0.05) is 12.2 Å². The molecule has 0 aliphatic carbocycles. The first-order chi connectivity index (χ1) is 7.93. The van der Waals surface area contributed by atoms with Gasteiger partial charge in [-0.05, 0) is 13.3 Å². The zero-order chi connectivity index (χ0) is 13.0. The van der Waals surface area contributed by atoms with E-state index in [0.717, 1.165) is 17.2 Å². The summed E-state index contributed by atoms with van der Waals surface area (Å²) in [4.78, 5) is 35.9. The Hall–Kier alpha value is -2.05. The highest BCUT2D eigenvalue weighted by Crippen LogP contribution is 1.90. The molecule has 1 amide bonds. The van der Waals surface area contributed by atoms with E-state index >= 15 is 0 Å². The molecular formula is C10H16N4O3. The molecule has 0 bridgehead atoms. The molecule has 4 N–H and O–H groups in total. The van der Waals surface area contributed by atoms with Crippen molar-refractivity contribution in [2.45, 2.75) is 32.9 Å².